The van der Waals surface area contributed by atoms with Gasteiger partial charge in [-0.15, -0.1) is 0 Å². The van der Waals surface area contributed by atoms with Crippen molar-refractivity contribution in [2.45, 2.75) is 17.2 Å². The summed E-state index contributed by atoms with van der Waals surface area (Å²) in [5, 5.41) is 2.63. The number of amides is 1. The summed E-state index contributed by atoms with van der Waals surface area (Å²) in [7, 11) is -1.41. The predicted molar refractivity (Wildman–Crippen MR) is 92.8 cm³/mol. The van der Waals surface area contributed by atoms with E-state index < -0.39 is 22.5 Å². The lowest BCUT2D eigenvalue weighted by atomic mass is 10.2. The zero-order valence-corrected chi connectivity index (χ0v) is 14.4. The van der Waals surface area contributed by atoms with Crippen LogP contribution in [-0.4, -0.2) is 10.1 Å². The first-order valence-corrected chi connectivity index (χ1v) is 9.08. The Morgan fingerprint density at radius 3 is 2.50 bits per heavy atom. The maximum Gasteiger partial charge on any atom is 0.287 e. The molecule has 0 saturated carbocycles. The fraction of sp³-hybridized carbons (Fsp3) is 0.105. The van der Waals surface area contributed by atoms with Crippen molar-refractivity contribution in [1.82, 2.24) is 5.32 Å². The number of carbonyl (C=O) groups is 1. The average Bonchev–Trinajstić information content (AvgIpc) is 3.09. The van der Waals surface area contributed by atoms with Crippen molar-refractivity contribution in [3.05, 3.63) is 89.4 Å². The summed E-state index contributed by atoms with van der Waals surface area (Å²) in [5.74, 6) is -0.700. The third-order valence-electron chi connectivity index (χ3n) is 3.58. The summed E-state index contributed by atoms with van der Waals surface area (Å²) in [4.78, 5) is 12.6. The molecular weight excluding hydrogens is 360 g/mol. The van der Waals surface area contributed by atoms with Gasteiger partial charge in [0.1, 0.15) is 17.4 Å². The van der Waals surface area contributed by atoms with Crippen LogP contribution in [0.1, 0.15) is 21.9 Å². The highest BCUT2D eigenvalue weighted by molar-refractivity contribution is 7.84. The van der Waals surface area contributed by atoms with Crippen LogP contribution in [0.25, 0.3) is 0 Å². The maximum absolute atomic E-state index is 13.1. The summed E-state index contributed by atoms with van der Waals surface area (Å²) in [6.07, 6.45) is 0. The molecule has 3 rings (SSSR count). The molecule has 0 radical (unpaired) electrons. The summed E-state index contributed by atoms with van der Waals surface area (Å²) in [6, 6.07) is 14.3. The molecule has 1 atom stereocenters. The molecule has 1 amide bonds. The molecule has 1 unspecified atom stereocenters. The lowest BCUT2D eigenvalue weighted by Crippen LogP contribution is -2.22. The van der Waals surface area contributed by atoms with Gasteiger partial charge in [0.05, 0.1) is 16.6 Å². The van der Waals surface area contributed by atoms with E-state index in [2.05, 4.69) is 5.32 Å². The first-order chi connectivity index (χ1) is 12.5. The number of hydrogen-bond acceptors (Lipinski definition) is 3. The first kappa shape index (κ1) is 18.0. The van der Waals surface area contributed by atoms with E-state index in [1.54, 1.807) is 18.2 Å². The van der Waals surface area contributed by atoms with Crippen molar-refractivity contribution in [2.24, 2.45) is 0 Å². The SMILES string of the molecule is O=C(NCc1cccc(F)c1)c1ccc(CS(=O)c2ccc(F)cc2)o1. The van der Waals surface area contributed by atoms with Crippen molar-refractivity contribution >= 4 is 16.7 Å². The standard InChI is InChI=1S/C19H15F2NO3S/c20-14-4-7-17(8-5-14)26(24)12-16-6-9-18(25-16)19(23)22-11-13-2-1-3-15(21)10-13/h1-10H,11-12H2,(H,22,23). The second kappa shape index (κ2) is 8.05. The molecule has 1 aromatic heterocycles. The molecule has 2 aromatic carbocycles. The Bertz CT molecular complexity index is 938. The lowest BCUT2D eigenvalue weighted by molar-refractivity contribution is 0.0921. The smallest absolute Gasteiger partial charge is 0.287 e. The van der Waals surface area contributed by atoms with Gasteiger partial charge in [0, 0.05) is 11.4 Å². The molecule has 0 aliphatic carbocycles. The monoisotopic (exact) mass is 375 g/mol. The maximum atomic E-state index is 13.1. The van der Waals surface area contributed by atoms with Gasteiger partial charge in [-0.3, -0.25) is 9.00 Å². The Hall–Kier alpha value is -2.80. The van der Waals surface area contributed by atoms with Crippen LogP contribution in [0, 0.1) is 11.6 Å². The molecule has 1 heterocycles. The fourth-order valence-corrected chi connectivity index (χ4v) is 3.31. The van der Waals surface area contributed by atoms with Crippen LogP contribution in [0.15, 0.2) is 70.0 Å². The highest BCUT2D eigenvalue weighted by Crippen LogP contribution is 2.16. The number of furan rings is 1. The van der Waals surface area contributed by atoms with E-state index in [0.29, 0.717) is 16.2 Å². The van der Waals surface area contributed by atoms with Gasteiger partial charge in [-0.2, -0.15) is 0 Å². The van der Waals surface area contributed by atoms with Crippen LogP contribution in [0.5, 0.6) is 0 Å². The van der Waals surface area contributed by atoms with Gasteiger partial charge < -0.3 is 9.73 Å². The Balaban J connectivity index is 1.59. The van der Waals surface area contributed by atoms with Crippen molar-refractivity contribution < 1.29 is 22.2 Å². The van der Waals surface area contributed by atoms with E-state index in [9.17, 15) is 17.8 Å². The molecule has 26 heavy (non-hydrogen) atoms. The van der Waals surface area contributed by atoms with Gasteiger partial charge >= 0.3 is 0 Å². The molecule has 4 nitrogen and oxygen atoms in total. The lowest BCUT2D eigenvalue weighted by Gasteiger charge is -2.04. The number of halogens is 2. The summed E-state index contributed by atoms with van der Waals surface area (Å²) >= 11 is 0. The Kier molecular flexibility index (Phi) is 5.58. The summed E-state index contributed by atoms with van der Waals surface area (Å²) in [5.41, 5.74) is 0.627. The van der Waals surface area contributed by atoms with Gasteiger partial charge in [0.15, 0.2) is 5.76 Å². The molecule has 134 valence electrons. The first-order valence-electron chi connectivity index (χ1n) is 7.76. The van der Waals surface area contributed by atoms with Crippen molar-refractivity contribution in [2.75, 3.05) is 0 Å². The molecule has 0 spiro atoms. The normalized spacial score (nSPS) is 11.9. The van der Waals surface area contributed by atoms with E-state index in [1.165, 1.54) is 42.5 Å². The largest absolute Gasteiger partial charge is 0.455 e. The van der Waals surface area contributed by atoms with Crippen molar-refractivity contribution in [1.29, 1.82) is 0 Å². The Morgan fingerprint density at radius 1 is 1.00 bits per heavy atom. The molecule has 0 aliphatic heterocycles. The number of nitrogens with one attached hydrogen (secondary N) is 1. The van der Waals surface area contributed by atoms with Crippen LogP contribution in [0.2, 0.25) is 0 Å². The van der Waals surface area contributed by atoms with Crippen LogP contribution in [0.4, 0.5) is 8.78 Å². The zero-order valence-electron chi connectivity index (χ0n) is 13.6. The molecule has 3 aromatic rings. The molecule has 7 heteroatoms. The van der Waals surface area contributed by atoms with Crippen LogP contribution >= 0.6 is 0 Å². The van der Waals surface area contributed by atoms with E-state index in [1.807, 2.05) is 0 Å². The molecule has 0 bridgehead atoms. The number of hydrogen-bond donors (Lipinski definition) is 1. The zero-order chi connectivity index (χ0) is 18.5. The molecular formula is C19H15F2NO3S. The Labute approximate surface area is 151 Å². The molecule has 0 aliphatic rings. The van der Waals surface area contributed by atoms with Gasteiger partial charge in [0.2, 0.25) is 0 Å². The third-order valence-corrected chi connectivity index (χ3v) is 4.92. The minimum absolute atomic E-state index is 0.0722. The topological polar surface area (TPSA) is 59.3 Å². The minimum Gasteiger partial charge on any atom is -0.455 e. The van der Waals surface area contributed by atoms with E-state index >= 15 is 0 Å². The van der Waals surface area contributed by atoms with Gasteiger partial charge in [-0.25, -0.2) is 8.78 Å². The van der Waals surface area contributed by atoms with Gasteiger partial charge in [-0.1, -0.05) is 12.1 Å². The molecule has 0 fully saturated rings. The quantitative estimate of drug-likeness (QED) is 0.713. The summed E-state index contributed by atoms with van der Waals surface area (Å²) < 4.78 is 43.7. The van der Waals surface area contributed by atoms with Gasteiger partial charge in [0.25, 0.3) is 5.91 Å². The number of carbonyl (C=O) groups excluding carboxylic acids is 1. The van der Waals surface area contributed by atoms with Crippen LogP contribution < -0.4 is 5.32 Å². The summed E-state index contributed by atoms with van der Waals surface area (Å²) in [6.45, 7) is 0.161. The fourth-order valence-electron chi connectivity index (χ4n) is 2.29. The number of benzene rings is 2. The second-order valence-electron chi connectivity index (χ2n) is 5.52. The van der Waals surface area contributed by atoms with Crippen LogP contribution in [-0.2, 0) is 23.1 Å². The number of rotatable bonds is 6. The second-order valence-corrected chi connectivity index (χ2v) is 6.97. The average molecular weight is 375 g/mol. The minimum atomic E-state index is -1.41. The molecule has 1 N–H and O–H groups in total. The molecule has 0 saturated heterocycles. The highest BCUT2D eigenvalue weighted by Gasteiger charge is 2.14. The Morgan fingerprint density at radius 2 is 1.77 bits per heavy atom. The van der Waals surface area contributed by atoms with E-state index in [4.69, 9.17) is 4.42 Å². The van der Waals surface area contributed by atoms with Gasteiger partial charge in [-0.05, 0) is 54.1 Å². The van der Waals surface area contributed by atoms with E-state index in [-0.39, 0.29) is 23.9 Å². The van der Waals surface area contributed by atoms with E-state index in [0.717, 1.165) is 0 Å². The highest BCUT2D eigenvalue weighted by atomic mass is 32.2. The van der Waals surface area contributed by atoms with Crippen molar-refractivity contribution in [3.63, 3.8) is 0 Å². The van der Waals surface area contributed by atoms with Crippen LogP contribution in [0.3, 0.4) is 0 Å². The third kappa shape index (κ3) is 4.64. The van der Waals surface area contributed by atoms with Crippen molar-refractivity contribution in [3.8, 4) is 0 Å². The predicted octanol–water partition coefficient (Wildman–Crippen LogP) is 3.80.